The van der Waals surface area contributed by atoms with Crippen LogP contribution in [0, 0.1) is 0 Å². The van der Waals surface area contributed by atoms with Gasteiger partial charge < -0.3 is 5.73 Å². The molecule has 6 nitrogen and oxygen atoms in total. The van der Waals surface area contributed by atoms with E-state index >= 15 is 0 Å². The van der Waals surface area contributed by atoms with Gasteiger partial charge in [-0.3, -0.25) is 4.68 Å². The van der Waals surface area contributed by atoms with E-state index in [4.69, 9.17) is 5.73 Å². The summed E-state index contributed by atoms with van der Waals surface area (Å²) in [4.78, 5) is 0. The number of aryl methyl sites for hydroxylation is 1. The average Bonchev–Trinajstić information content (AvgIpc) is 2.84. The SMILES string of the molecule is Cn1cc(-n2nnc(N)c2C2CC2)cn1. The van der Waals surface area contributed by atoms with Crippen LogP contribution in [-0.4, -0.2) is 24.8 Å². The van der Waals surface area contributed by atoms with Crippen molar-refractivity contribution in [2.75, 3.05) is 5.73 Å². The number of nitrogens with zero attached hydrogens (tertiary/aromatic N) is 5. The average molecular weight is 204 g/mol. The van der Waals surface area contributed by atoms with Crippen LogP contribution in [0.25, 0.3) is 5.69 Å². The van der Waals surface area contributed by atoms with Crippen LogP contribution in [0.5, 0.6) is 0 Å². The lowest BCUT2D eigenvalue weighted by Gasteiger charge is -2.01. The topological polar surface area (TPSA) is 74.5 Å². The molecule has 0 aromatic carbocycles. The van der Waals surface area contributed by atoms with Crippen molar-refractivity contribution in [3.63, 3.8) is 0 Å². The van der Waals surface area contributed by atoms with Crippen LogP contribution < -0.4 is 5.73 Å². The summed E-state index contributed by atoms with van der Waals surface area (Å²) in [7, 11) is 1.88. The van der Waals surface area contributed by atoms with Crippen molar-refractivity contribution in [1.82, 2.24) is 24.8 Å². The van der Waals surface area contributed by atoms with Crippen molar-refractivity contribution in [2.45, 2.75) is 18.8 Å². The van der Waals surface area contributed by atoms with Crippen LogP contribution in [0.1, 0.15) is 24.5 Å². The van der Waals surface area contributed by atoms with Crippen LogP contribution in [0.3, 0.4) is 0 Å². The second-order valence-corrected chi connectivity index (χ2v) is 3.92. The molecule has 0 atom stereocenters. The molecule has 78 valence electrons. The summed E-state index contributed by atoms with van der Waals surface area (Å²) in [6, 6.07) is 0. The van der Waals surface area contributed by atoms with E-state index < -0.39 is 0 Å². The van der Waals surface area contributed by atoms with E-state index in [0.29, 0.717) is 11.7 Å². The molecule has 0 spiro atoms. The Morgan fingerprint density at radius 1 is 1.47 bits per heavy atom. The Balaban J connectivity index is 2.11. The molecule has 1 aliphatic rings. The number of rotatable bonds is 2. The van der Waals surface area contributed by atoms with Gasteiger partial charge in [0.15, 0.2) is 5.82 Å². The summed E-state index contributed by atoms with van der Waals surface area (Å²) >= 11 is 0. The van der Waals surface area contributed by atoms with Gasteiger partial charge in [0.2, 0.25) is 0 Å². The first-order valence-electron chi connectivity index (χ1n) is 4.96. The van der Waals surface area contributed by atoms with Crippen LogP contribution in [0.2, 0.25) is 0 Å². The standard InChI is InChI=1S/C9H12N6/c1-14-5-7(4-11-14)15-8(6-2-3-6)9(10)12-13-15/h4-6H,2-3,10H2,1H3. The van der Waals surface area contributed by atoms with E-state index in [0.717, 1.165) is 11.4 Å². The third-order valence-electron chi connectivity index (χ3n) is 2.63. The van der Waals surface area contributed by atoms with Gasteiger partial charge in [0.25, 0.3) is 0 Å². The molecule has 0 aliphatic heterocycles. The highest BCUT2D eigenvalue weighted by atomic mass is 15.5. The minimum Gasteiger partial charge on any atom is -0.381 e. The van der Waals surface area contributed by atoms with Crippen molar-refractivity contribution in [3.05, 3.63) is 18.1 Å². The second-order valence-electron chi connectivity index (χ2n) is 3.92. The van der Waals surface area contributed by atoms with E-state index in [9.17, 15) is 0 Å². The van der Waals surface area contributed by atoms with E-state index in [-0.39, 0.29) is 0 Å². The lowest BCUT2D eigenvalue weighted by atomic mass is 10.3. The number of hydrogen-bond donors (Lipinski definition) is 1. The third kappa shape index (κ3) is 1.29. The molecule has 2 aromatic rings. The lowest BCUT2D eigenvalue weighted by Crippen LogP contribution is -2.01. The van der Waals surface area contributed by atoms with Gasteiger partial charge in [-0.25, -0.2) is 4.68 Å². The van der Waals surface area contributed by atoms with Crippen LogP contribution in [0.4, 0.5) is 5.82 Å². The van der Waals surface area contributed by atoms with Crippen LogP contribution >= 0.6 is 0 Å². The molecule has 15 heavy (non-hydrogen) atoms. The molecule has 6 heteroatoms. The zero-order chi connectivity index (χ0) is 10.4. The number of hydrogen-bond acceptors (Lipinski definition) is 4. The Hall–Kier alpha value is -1.85. The highest BCUT2D eigenvalue weighted by Gasteiger charge is 2.31. The largest absolute Gasteiger partial charge is 0.381 e. The molecule has 0 radical (unpaired) electrons. The lowest BCUT2D eigenvalue weighted by molar-refractivity contribution is 0.752. The fourth-order valence-corrected chi connectivity index (χ4v) is 1.75. The highest BCUT2D eigenvalue weighted by Crippen LogP contribution is 2.42. The van der Waals surface area contributed by atoms with Crippen LogP contribution in [0.15, 0.2) is 12.4 Å². The predicted molar refractivity (Wildman–Crippen MR) is 54.5 cm³/mol. The van der Waals surface area contributed by atoms with Crippen molar-refractivity contribution < 1.29 is 0 Å². The summed E-state index contributed by atoms with van der Waals surface area (Å²) in [5.74, 6) is 1.07. The molecule has 2 N–H and O–H groups in total. The maximum atomic E-state index is 5.80. The molecule has 0 saturated heterocycles. The van der Waals surface area contributed by atoms with Crippen molar-refractivity contribution in [3.8, 4) is 5.69 Å². The molecule has 2 aromatic heterocycles. The first-order chi connectivity index (χ1) is 7.25. The van der Waals surface area contributed by atoms with Gasteiger partial charge in [-0.05, 0) is 12.8 Å². The predicted octanol–water partition coefficient (Wildman–Crippen LogP) is 0.460. The smallest absolute Gasteiger partial charge is 0.169 e. The van der Waals surface area contributed by atoms with Gasteiger partial charge >= 0.3 is 0 Å². The van der Waals surface area contributed by atoms with E-state index in [1.54, 1.807) is 15.6 Å². The summed E-state index contributed by atoms with van der Waals surface area (Å²) in [6.45, 7) is 0. The van der Waals surface area contributed by atoms with Crippen molar-refractivity contribution in [2.24, 2.45) is 7.05 Å². The number of anilines is 1. The molecule has 3 rings (SSSR count). The number of nitrogen functional groups attached to an aromatic ring is 1. The Morgan fingerprint density at radius 2 is 2.27 bits per heavy atom. The van der Waals surface area contributed by atoms with Gasteiger partial charge in [0.05, 0.1) is 18.1 Å². The normalized spacial score (nSPS) is 15.8. The van der Waals surface area contributed by atoms with Gasteiger partial charge in [-0.2, -0.15) is 5.10 Å². The number of nitrogens with two attached hydrogens (primary N) is 1. The molecule has 1 aliphatic carbocycles. The highest BCUT2D eigenvalue weighted by molar-refractivity contribution is 5.43. The van der Waals surface area contributed by atoms with E-state index in [1.165, 1.54) is 12.8 Å². The molecular weight excluding hydrogens is 192 g/mol. The van der Waals surface area contributed by atoms with E-state index in [2.05, 4.69) is 15.4 Å². The molecule has 2 heterocycles. The van der Waals surface area contributed by atoms with Crippen molar-refractivity contribution in [1.29, 1.82) is 0 Å². The molecule has 0 amide bonds. The molecule has 0 bridgehead atoms. The third-order valence-corrected chi connectivity index (χ3v) is 2.63. The van der Waals surface area contributed by atoms with Gasteiger partial charge in [-0.15, -0.1) is 5.10 Å². The first-order valence-corrected chi connectivity index (χ1v) is 4.96. The van der Waals surface area contributed by atoms with Gasteiger partial charge in [0, 0.05) is 13.0 Å². The quantitative estimate of drug-likeness (QED) is 0.771. The summed E-state index contributed by atoms with van der Waals surface area (Å²) in [6.07, 6.45) is 6.02. The minimum atomic E-state index is 0.528. The number of aromatic nitrogens is 5. The molecule has 0 unspecified atom stereocenters. The van der Waals surface area contributed by atoms with Gasteiger partial charge in [0.1, 0.15) is 5.69 Å². The fourth-order valence-electron chi connectivity index (χ4n) is 1.75. The maximum absolute atomic E-state index is 5.80. The summed E-state index contributed by atoms with van der Waals surface area (Å²) < 4.78 is 3.53. The zero-order valence-corrected chi connectivity index (χ0v) is 8.46. The van der Waals surface area contributed by atoms with Crippen molar-refractivity contribution >= 4 is 5.82 Å². The molecular formula is C9H12N6. The van der Waals surface area contributed by atoms with Gasteiger partial charge in [-0.1, -0.05) is 5.21 Å². The Labute approximate surface area is 86.7 Å². The maximum Gasteiger partial charge on any atom is 0.169 e. The minimum absolute atomic E-state index is 0.528. The Kier molecular flexibility index (Phi) is 1.59. The summed E-state index contributed by atoms with van der Waals surface area (Å²) in [5, 5.41) is 12.1. The first kappa shape index (κ1) is 8.46. The Morgan fingerprint density at radius 3 is 2.87 bits per heavy atom. The molecule has 1 saturated carbocycles. The monoisotopic (exact) mass is 204 g/mol. The zero-order valence-electron chi connectivity index (χ0n) is 8.46. The van der Waals surface area contributed by atoms with Crippen LogP contribution in [-0.2, 0) is 7.05 Å². The van der Waals surface area contributed by atoms with E-state index in [1.807, 2.05) is 13.2 Å². The second kappa shape index (κ2) is 2.82. The summed E-state index contributed by atoms with van der Waals surface area (Å²) in [5.41, 5.74) is 7.76. The Bertz CT molecular complexity index is 492. The fraction of sp³-hybridized carbons (Fsp3) is 0.444. The molecule has 1 fully saturated rings.